The van der Waals surface area contributed by atoms with E-state index in [9.17, 15) is 14.0 Å². The summed E-state index contributed by atoms with van der Waals surface area (Å²) in [5.74, 6) is -1.43. The van der Waals surface area contributed by atoms with Gasteiger partial charge in [-0.3, -0.25) is 14.5 Å². The summed E-state index contributed by atoms with van der Waals surface area (Å²) in [6.07, 6.45) is 0.242. The number of hydrogen-bond donors (Lipinski definition) is 0. The molecule has 1 aromatic rings. The molecule has 1 fully saturated rings. The van der Waals surface area contributed by atoms with Crippen LogP contribution >= 0.6 is 0 Å². The van der Waals surface area contributed by atoms with Crippen molar-refractivity contribution in [3.05, 3.63) is 35.6 Å². The van der Waals surface area contributed by atoms with Gasteiger partial charge >= 0.3 is 0 Å². The monoisotopic (exact) mass is 279 g/mol. The summed E-state index contributed by atoms with van der Waals surface area (Å²) in [5, 5.41) is 0. The molecule has 4 nitrogen and oxygen atoms in total. The van der Waals surface area contributed by atoms with Crippen LogP contribution in [-0.2, 0) is 14.3 Å². The summed E-state index contributed by atoms with van der Waals surface area (Å²) < 4.78 is 18.4. The summed E-state index contributed by atoms with van der Waals surface area (Å²) >= 11 is 0. The Kier molecular flexibility index (Phi) is 4.49. The van der Waals surface area contributed by atoms with Crippen LogP contribution in [0.5, 0.6) is 0 Å². The molecule has 0 aliphatic carbocycles. The van der Waals surface area contributed by atoms with E-state index in [0.29, 0.717) is 6.61 Å². The second-order valence-electron chi connectivity index (χ2n) is 4.92. The first-order valence-corrected chi connectivity index (χ1v) is 6.68. The molecule has 1 heterocycles. The van der Waals surface area contributed by atoms with Crippen molar-refractivity contribution in [1.82, 2.24) is 4.90 Å². The van der Waals surface area contributed by atoms with Crippen LogP contribution in [0, 0.1) is 11.7 Å². The number of halogens is 1. The van der Waals surface area contributed by atoms with E-state index >= 15 is 0 Å². The molecule has 2 atom stereocenters. The average molecular weight is 279 g/mol. The molecular weight excluding hydrogens is 261 g/mol. The molecule has 0 bridgehead atoms. The summed E-state index contributed by atoms with van der Waals surface area (Å²) in [4.78, 5) is 25.3. The van der Waals surface area contributed by atoms with Crippen LogP contribution in [0.4, 0.5) is 4.39 Å². The van der Waals surface area contributed by atoms with Crippen molar-refractivity contribution in [1.29, 1.82) is 0 Å². The SMILES string of the molecule is CCOC[C@H]1C(=O)N(C)C(=O)C[C@@H]1c1ccc(F)cc1. The van der Waals surface area contributed by atoms with Crippen LogP contribution in [-0.4, -0.2) is 37.0 Å². The number of ether oxygens (including phenoxy) is 1. The molecule has 0 N–H and O–H groups in total. The number of piperidine rings is 1. The molecule has 2 rings (SSSR count). The van der Waals surface area contributed by atoms with Gasteiger partial charge in [0.05, 0.1) is 12.5 Å². The number of hydrogen-bond acceptors (Lipinski definition) is 3. The third-order valence-electron chi connectivity index (χ3n) is 3.70. The van der Waals surface area contributed by atoms with Gasteiger partial charge < -0.3 is 4.74 Å². The summed E-state index contributed by atoms with van der Waals surface area (Å²) in [6.45, 7) is 2.64. The normalized spacial score (nSPS) is 23.2. The lowest BCUT2D eigenvalue weighted by atomic mass is 9.80. The maximum Gasteiger partial charge on any atom is 0.234 e. The van der Waals surface area contributed by atoms with Crippen LogP contribution in [0.2, 0.25) is 0 Å². The third kappa shape index (κ3) is 2.88. The standard InChI is InChI=1S/C15H18FNO3/c1-3-20-9-13-12(8-14(18)17(2)15(13)19)10-4-6-11(16)7-5-10/h4-7,12-13H,3,8-9H2,1-2H3/t12-,13-/m1/s1. The molecule has 1 aliphatic heterocycles. The van der Waals surface area contributed by atoms with E-state index in [4.69, 9.17) is 4.74 Å². The summed E-state index contributed by atoms with van der Waals surface area (Å²) in [7, 11) is 1.49. The molecule has 5 heteroatoms. The number of rotatable bonds is 4. The van der Waals surface area contributed by atoms with Gasteiger partial charge in [-0.05, 0) is 24.6 Å². The maximum atomic E-state index is 13.0. The fourth-order valence-corrected chi connectivity index (χ4v) is 2.50. The predicted octanol–water partition coefficient (Wildman–Crippen LogP) is 1.95. The quantitative estimate of drug-likeness (QED) is 0.791. The summed E-state index contributed by atoms with van der Waals surface area (Å²) in [6, 6.07) is 5.95. The largest absolute Gasteiger partial charge is 0.381 e. The molecule has 0 unspecified atom stereocenters. The first kappa shape index (κ1) is 14.7. The first-order chi connectivity index (χ1) is 9.54. The Morgan fingerprint density at radius 1 is 1.30 bits per heavy atom. The van der Waals surface area contributed by atoms with E-state index in [0.717, 1.165) is 10.5 Å². The first-order valence-electron chi connectivity index (χ1n) is 6.68. The van der Waals surface area contributed by atoms with Crippen LogP contribution < -0.4 is 0 Å². The molecule has 0 spiro atoms. The van der Waals surface area contributed by atoms with Crippen molar-refractivity contribution in [2.24, 2.45) is 5.92 Å². The van der Waals surface area contributed by atoms with Gasteiger partial charge in [0.15, 0.2) is 0 Å². The number of imide groups is 1. The number of carbonyl (C=O) groups is 2. The molecular formula is C15H18FNO3. The zero-order valence-electron chi connectivity index (χ0n) is 11.6. The summed E-state index contributed by atoms with van der Waals surface area (Å²) in [5.41, 5.74) is 0.797. The van der Waals surface area contributed by atoms with E-state index < -0.39 is 5.92 Å². The highest BCUT2D eigenvalue weighted by Crippen LogP contribution is 2.34. The van der Waals surface area contributed by atoms with Crippen LogP contribution in [0.3, 0.4) is 0 Å². The van der Waals surface area contributed by atoms with E-state index in [-0.39, 0.29) is 36.6 Å². The van der Waals surface area contributed by atoms with E-state index in [1.807, 2.05) is 6.92 Å². The minimum absolute atomic E-state index is 0.211. The fourth-order valence-electron chi connectivity index (χ4n) is 2.50. The number of amides is 2. The van der Waals surface area contributed by atoms with Crippen molar-refractivity contribution in [3.8, 4) is 0 Å². The highest BCUT2D eigenvalue weighted by Gasteiger charge is 2.40. The number of nitrogens with zero attached hydrogens (tertiary/aromatic N) is 1. The zero-order chi connectivity index (χ0) is 14.7. The van der Waals surface area contributed by atoms with Crippen molar-refractivity contribution in [3.63, 3.8) is 0 Å². The molecule has 0 saturated carbocycles. The highest BCUT2D eigenvalue weighted by molar-refractivity contribution is 5.99. The Morgan fingerprint density at radius 3 is 2.55 bits per heavy atom. The van der Waals surface area contributed by atoms with Crippen molar-refractivity contribution >= 4 is 11.8 Å². The fraction of sp³-hybridized carbons (Fsp3) is 0.467. The van der Waals surface area contributed by atoms with Crippen molar-refractivity contribution in [2.75, 3.05) is 20.3 Å². The van der Waals surface area contributed by atoms with E-state index in [1.165, 1.54) is 19.2 Å². The number of carbonyl (C=O) groups excluding carboxylic acids is 2. The van der Waals surface area contributed by atoms with Gasteiger partial charge in [0.25, 0.3) is 0 Å². The Labute approximate surface area is 117 Å². The number of likely N-dealkylation sites (tertiary alicyclic amines) is 1. The predicted molar refractivity (Wildman–Crippen MR) is 71.5 cm³/mol. The van der Waals surface area contributed by atoms with Gasteiger partial charge in [-0.1, -0.05) is 12.1 Å². The average Bonchev–Trinajstić information content (AvgIpc) is 2.44. The number of benzene rings is 1. The smallest absolute Gasteiger partial charge is 0.234 e. The zero-order valence-corrected chi connectivity index (χ0v) is 11.6. The second kappa shape index (κ2) is 6.13. The molecule has 1 aromatic carbocycles. The van der Waals surface area contributed by atoms with Gasteiger partial charge in [0.1, 0.15) is 5.82 Å². The molecule has 108 valence electrons. The maximum absolute atomic E-state index is 13.0. The Morgan fingerprint density at radius 2 is 1.95 bits per heavy atom. The van der Waals surface area contributed by atoms with Crippen molar-refractivity contribution in [2.45, 2.75) is 19.3 Å². The second-order valence-corrected chi connectivity index (χ2v) is 4.92. The van der Waals surface area contributed by atoms with Crippen LogP contribution in [0.1, 0.15) is 24.8 Å². The van der Waals surface area contributed by atoms with Gasteiger partial charge in [0.2, 0.25) is 11.8 Å². The van der Waals surface area contributed by atoms with Crippen molar-refractivity contribution < 1.29 is 18.7 Å². The van der Waals surface area contributed by atoms with Gasteiger partial charge in [0, 0.05) is 26.0 Å². The minimum Gasteiger partial charge on any atom is -0.381 e. The molecule has 2 amide bonds. The molecule has 1 aliphatic rings. The van der Waals surface area contributed by atoms with Gasteiger partial charge in [-0.2, -0.15) is 0 Å². The van der Waals surface area contributed by atoms with Gasteiger partial charge in [-0.15, -0.1) is 0 Å². The lowest BCUT2D eigenvalue weighted by Crippen LogP contribution is -2.47. The topological polar surface area (TPSA) is 46.6 Å². The molecule has 20 heavy (non-hydrogen) atoms. The third-order valence-corrected chi connectivity index (χ3v) is 3.70. The highest BCUT2D eigenvalue weighted by atomic mass is 19.1. The van der Waals surface area contributed by atoms with Crippen LogP contribution in [0.25, 0.3) is 0 Å². The minimum atomic E-state index is -0.400. The lowest BCUT2D eigenvalue weighted by Gasteiger charge is -2.34. The van der Waals surface area contributed by atoms with Crippen LogP contribution in [0.15, 0.2) is 24.3 Å². The Hall–Kier alpha value is -1.75. The Balaban J connectivity index is 2.28. The van der Waals surface area contributed by atoms with E-state index in [1.54, 1.807) is 12.1 Å². The molecule has 1 saturated heterocycles. The van der Waals surface area contributed by atoms with Gasteiger partial charge in [-0.25, -0.2) is 4.39 Å². The Bertz CT molecular complexity index is 500. The lowest BCUT2D eigenvalue weighted by molar-refractivity contribution is -0.152. The molecule has 0 aromatic heterocycles. The van der Waals surface area contributed by atoms with E-state index in [2.05, 4.69) is 0 Å². The molecule has 0 radical (unpaired) electrons.